The van der Waals surface area contributed by atoms with Crippen molar-refractivity contribution in [2.75, 3.05) is 7.11 Å². The maximum absolute atomic E-state index is 13.3. The zero-order valence-corrected chi connectivity index (χ0v) is 9.49. The molecule has 0 spiro atoms. The van der Waals surface area contributed by atoms with Gasteiger partial charge in [0.1, 0.15) is 22.7 Å². The molecule has 5 heteroatoms. The Kier molecular flexibility index (Phi) is 2.85. The van der Waals surface area contributed by atoms with Crippen LogP contribution in [0.4, 0.5) is 4.39 Å². The van der Waals surface area contributed by atoms with E-state index in [0.29, 0.717) is 16.7 Å². The maximum atomic E-state index is 13.3. The SMILES string of the molecule is COC(=O)c1cc(F)cc2cc(C(C)N)oc12. The molecule has 0 saturated carbocycles. The summed E-state index contributed by atoms with van der Waals surface area (Å²) in [6.07, 6.45) is 0. The van der Waals surface area contributed by atoms with Gasteiger partial charge in [0.25, 0.3) is 0 Å². The molecule has 4 nitrogen and oxygen atoms in total. The minimum absolute atomic E-state index is 0.0643. The zero-order valence-electron chi connectivity index (χ0n) is 9.49. The molecule has 0 radical (unpaired) electrons. The lowest BCUT2D eigenvalue weighted by Gasteiger charge is -2.01. The van der Waals surface area contributed by atoms with E-state index in [1.54, 1.807) is 13.0 Å². The molecular formula is C12H12FNO3. The average Bonchev–Trinajstić information content (AvgIpc) is 2.70. The van der Waals surface area contributed by atoms with Crippen LogP contribution in [0.3, 0.4) is 0 Å². The number of esters is 1. The quantitative estimate of drug-likeness (QED) is 0.814. The molecule has 0 saturated heterocycles. The van der Waals surface area contributed by atoms with Gasteiger partial charge in [-0.1, -0.05) is 0 Å². The van der Waals surface area contributed by atoms with Crippen LogP contribution in [0.1, 0.15) is 29.1 Å². The molecule has 1 heterocycles. The minimum atomic E-state index is -0.639. The van der Waals surface area contributed by atoms with Crippen molar-refractivity contribution in [3.05, 3.63) is 35.3 Å². The zero-order chi connectivity index (χ0) is 12.6. The van der Waals surface area contributed by atoms with Crippen molar-refractivity contribution in [1.82, 2.24) is 0 Å². The predicted octanol–water partition coefficient (Wildman–Crippen LogP) is 2.38. The molecule has 2 rings (SSSR count). The number of methoxy groups -OCH3 is 1. The topological polar surface area (TPSA) is 65.5 Å². The summed E-state index contributed by atoms with van der Waals surface area (Å²) in [5, 5.41) is 0.498. The molecule has 0 aliphatic carbocycles. The molecule has 90 valence electrons. The number of carbonyl (C=O) groups excluding carboxylic acids is 1. The normalized spacial score (nSPS) is 12.7. The first-order valence-electron chi connectivity index (χ1n) is 5.10. The minimum Gasteiger partial charge on any atom is -0.465 e. The first-order valence-corrected chi connectivity index (χ1v) is 5.10. The number of carbonyl (C=O) groups is 1. The summed E-state index contributed by atoms with van der Waals surface area (Å²) in [5.74, 6) is -0.661. The summed E-state index contributed by atoms with van der Waals surface area (Å²) >= 11 is 0. The Balaban J connectivity index is 2.69. The number of hydrogen-bond acceptors (Lipinski definition) is 4. The van der Waals surface area contributed by atoms with Crippen molar-refractivity contribution in [1.29, 1.82) is 0 Å². The highest BCUT2D eigenvalue weighted by Crippen LogP contribution is 2.27. The van der Waals surface area contributed by atoms with E-state index in [4.69, 9.17) is 10.2 Å². The molecule has 1 aromatic carbocycles. The van der Waals surface area contributed by atoms with E-state index in [2.05, 4.69) is 4.74 Å². The Morgan fingerprint density at radius 2 is 2.18 bits per heavy atom. The number of benzene rings is 1. The van der Waals surface area contributed by atoms with Crippen molar-refractivity contribution in [2.24, 2.45) is 5.73 Å². The third-order valence-electron chi connectivity index (χ3n) is 2.45. The van der Waals surface area contributed by atoms with Crippen LogP contribution >= 0.6 is 0 Å². The Bertz CT molecular complexity index is 574. The number of fused-ring (bicyclic) bond motifs is 1. The summed E-state index contributed by atoms with van der Waals surface area (Å²) in [7, 11) is 1.23. The van der Waals surface area contributed by atoms with Gasteiger partial charge in [-0.05, 0) is 25.1 Å². The number of furan rings is 1. The molecule has 0 aliphatic heterocycles. The number of nitrogens with two attached hydrogens (primary N) is 1. The molecular weight excluding hydrogens is 225 g/mol. The van der Waals surface area contributed by atoms with Gasteiger partial charge in [0, 0.05) is 5.39 Å². The van der Waals surface area contributed by atoms with Crippen LogP contribution in [0.2, 0.25) is 0 Å². The Labute approximate surface area is 97.1 Å². The van der Waals surface area contributed by atoms with Crippen molar-refractivity contribution in [3.63, 3.8) is 0 Å². The van der Waals surface area contributed by atoms with Crippen molar-refractivity contribution in [3.8, 4) is 0 Å². The van der Waals surface area contributed by atoms with E-state index in [9.17, 15) is 9.18 Å². The van der Waals surface area contributed by atoms with E-state index in [1.807, 2.05) is 0 Å². The Morgan fingerprint density at radius 3 is 2.76 bits per heavy atom. The summed E-state index contributed by atoms with van der Waals surface area (Å²) in [5.41, 5.74) is 6.03. The highest BCUT2D eigenvalue weighted by molar-refractivity contribution is 6.02. The fourth-order valence-electron chi connectivity index (χ4n) is 1.62. The summed E-state index contributed by atoms with van der Waals surface area (Å²) in [4.78, 5) is 11.5. The van der Waals surface area contributed by atoms with Crippen LogP contribution in [0.15, 0.2) is 22.6 Å². The molecule has 0 fully saturated rings. The molecule has 0 amide bonds. The van der Waals surface area contributed by atoms with Gasteiger partial charge in [-0.3, -0.25) is 0 Å². The van der Waals surface area contributed by atoms with Gasteiger partial charge < -0.3 is 14.9 Å². The van der Waals surface area contributed by atoms with Gasteiger partial charge in [-0.15, -0.1) is 0 Å². The van der Waals surface area contributed by atoms with Gasteiger partial charge in [-0.25, -0.2) is 9.18 Å². The van der Waals surface area contributed by atoms with E-state index >= 15 is 0 Å². The van der Waals surface area contributed by atoms with Gasteiger partial charge in [-0.2, -0.15) is 0 Å². The fraction of sp³-hybridized carbons (Fsp3) is 0.250. The Hall–Kier alpha value is -1.88. The first kappa shape index (κ1) is 11.6. The van der Waals surface area contributed by atoms with Gasteiger partial charge in [0.15, 0.2) is 0 Å². The van der Waals surface area contributed by atoms with Crippen LogP contribution in [0.5, 0.6) is 0 Å². The van der Waals surface area contributed by atoms with Crippen LogP contribution in [-0.4, -0.2) is 13.1 Å². The lowest BCUT2D eigenvalue weighted by atomic mass is 10.1. The number of ether oxygens (including phenoxy) is 1. The monoisotopic (exact) mass is 237 g/mol. The molecule has 0 aliphatic rings. The third-order valence-corrected chi connectivity index (χ3v) is 2.45. The first-order chi connectivity index (χ1) is 8.02. The molecule has 1 atom stereocenters. The smallest absolute Gasteiger partial charge is 0.341 e. The molecule has 1 aromatic heterocycles. The number of halogens is 1. The van der Waals surface area contributed by atoms with E-state index in [1.165, 1.54) is 13.2 Å². The van der Waals surface area contributed by atoms with E-state index in [0.717, 1.165) is 6.07 Å². The standard InChI is InChI=1S/C12H12FNO3/c1-6(14)10-4-7-3-8(13)5-9(11(7)17-10)12(15)16-2/h3-6H,14H2,1-2H3. The van der Waals surface area contributed by atoms with Gasteiger partial charge in [0.2, 0.25) is 0 Å². The lowest BCUT2D eigenvalue weighted by molar-refractivity contribution is 0.0601. The fourth-order valence-corrected chi connectivity index (χ4v) is 1.62. The second-order valence-corrected chi connectivity index (χ2v) is 3.80. The van der Waals surface area contributed by atoms with E-state index < -0.39 is 11.8 Å². The van der Waals surface area contributed by atoms with E-state index in [-0.39, 0.29) is 11.6 Å². The molecule has 1 unspecified atom stereocenters. The average molecular weight is 237 g/mol. The summed E-state index contributed by atoms with van der Waals surface area (Å²) < 4.78 is 23.3. The van der Waals surface area contributed by atoms with Crippen LogP contribution in [-0.2, 0) is 4.74 Å². The predicted molar refractivity (Wildman–Crippen MR) is 60.1 cm³/mol. The molecule has 0 bridgehead atoms. The third kappa shape index (κ3) is 2.01. The van der Waals surface area contributed by atoms with Gasteiger partial charge in [0.05, 0.1) is 13.2 Å². The molecule has 2 aromatic rings. The van der Waals surface area contributed by atoms with Crippen molar-refractivity contribution >= 4 is 16.9 Å². The van der Waals surface area contributed by atoms with Crippen molar-refractivity contribution in [2.45, 2.75) is 13.0 Å². The number of rotatable bonds is 2. The second-order valence-electron chi connectivity index (χ2n) is 3.80. The van der Waals surface area contributed by atoms with Crippen LogP contribution in [0.25, 0.3) is 11.0 Å². The largest absolute Gasteiger partial charge is 0.465 e. The van der Waals surface area contributed by atoms with Crippen LogP contribution < -0.4 is 5.73 Å². The second kappa shape index (κ2) is 4.18. The van der Waals surface area contributed by atoms with Crippen LogP contribution in [0, 0.1) is 5.82 Å². The highest BCUT2D eigenvalue weighted by Gasteiger charge is 2.17. The maximum Gasteiger partial charge on any atom is 0.341 e. The van der Waals surface area contributed by atoms with Crippen molar-refractivity contribution < 1.29 is 18.3 Å². The molecule has 2 N–H and O–H groups in total. The molecule has 17 heavy (non-hydrogen) atoms. The highest BCUT2D eigenvalue weighted by atomic mass is 19.1. The number of hydrogen-bond donors (Lipinski definition) is 1. The Morgan fingerprint density at radius 1 is 1.47 bits per heavy atom. The van der Waals surface area contributed by atoms with Gasteiger partial charge >= 0.3 is 5.97 Å². The summed E-state index contributed by atoms with van der Waals surface area (Å²) in [6, 6.07) is 3.67. The lowest BCUT2D eigenvalue weighted by Crippen LogP contribution is -2.03. The summed E-state index contributed by atoms with van der Waals surface area (Å²) in [6.45, 7) is 1.74.